The average Bonchev–Trinajstić information content (AvgIpc) is 2.49. The zero-order chi connectivity index (χ0) is 14.4. The van der Waals surface area contributed by atoms with Crippen LogP contribution in [-0.2, 0) is 14.2 Å². The van der Waals surface area contributed by atoms with Crippen molar-refractivity contribution in [1.29, 1.82) is 0 Å². The maximum absolute atomic E-state index is 9.36. The Kier molecular flexibility index (Phi) is 6.57. The van der Waals surface area contributed by atoms with E-state index < -0.39 is 50.2 Å². The fourth-order valence-corrected chi connectivity index (χ4v) is 1.65. The third-order valence-electron chi connectivity index (χ3n) is 3.37. The summed E-state index contributed by atoms with van der Waals surface area (Å²) in [5.41, 5.74) is -2.30. The molecular weight excluding hydrogens is 260 g/mol. The summed E-state index contributed by atoms with van der Waals surface area (Å²) in [4.78, 5) is 0. The van der Waals surface area contributed by atoms with Crippen LogP contribution in [0.4, 0.5) is 0 Å². The van der Waals surface area contributed by atoms with E-state index in [4.69, 9.17) is 14.2 Å². The van der Waals surface area contributed by atoms with Gasteiger partial charge in [-0.2, -0.15) is 0 Å². The summed E-state index contributed by atoms with van der Waals surface area (Å²) in [7, 11) is 0. The summed E-state index contributed by atoms with van der Waals surface area (Å²) in [6, 6.07) is 0. The second-order valence-corrected chi connectivity index (χ2v) is 4.93. The molecule has 8 heteroatoms. The van der Waals surface area contributed by atoms with Gasteiger partial charge < -0.3 is 39.7 Å². The van der Waals surface area contributed by atoms with Crippen LogP contribution in [0.5, 0.6) is 0 Å². The molecular formula is C11H22O8. The van der Waals surface area contributed by atoms with Crippen LogP contribution in [0, 0.1) is 10.8 Å². The minimum Gasteiger partial charge on any atom is -0.396 e. The quantitative estimate of drug-likeness (QED) is 0.324. The first kappa shape index (κ1) is 16.7. The molecule has 0 amide bonds. The van der Waals surface area contributed by atoms with Crippen LogP contribution in [-0.4, -0.2) is 84.9 Å². The van der Waals surface area contributed by atoms with E-state index in [0.29, 0.717) is 0 Å². The van der Waals surface area contributed by atoms with Gasteiger partial charge in [0, 0.05) is 0 Å². The van der Waals surface area contributed by atoms with Crippen LogP contribution in [0.15, 0.2) is 0 Å². The standard InChI is InChI=1S/C11H22O8/c12-1-10(2-13,3-14)6-18-9-11(4-15,5-16)7-17-8-19-9/h9,12-16H,1-8H2/t9-/m1/s1. The van der Waals surface area contributed by atoms with Gasteiger partial charge in [0.15, 0.2) is 6.29 Å². The normalized spacial score (nSPS) is 23.5. The third kappa shape index (κ3) is 3.61. The Hall–Kier alpha value is -0.320. The van der Waals surface area contributed by atoms with Gasteiger partial charge in [0.05, 0.1) is 57.1 Å². The van der Waals surface area contributed by atoms with E-state index in [2.05, 4.69) is 0 Å². The molecule has 0 saturated carbocycles. The Labute approximate surface area is 111 Å². The molecule has 0 aromatic carbocycles. The average molecular weight is 282 g/mol. The molecule has 1 atom stereocenters. The highest BCUT2D eigenvalue weighted by Gasteiger charge is 2.44. The summed E-state index contributed by atoms with van der Waals surface area (Å²) >= 11 is 0. The lowest BCUT2D eigenvalue weighted by molar-refractivity contribution is -0.320. The van der Waals surface area contributed by atoms with E-state index >= 15 is 0 Å². The van der Waals surface area contributed by atoms with Gasteiger partial charge in [-0.3, -0.25) is 0 Å². The van der Waals surface area contributed by atoms with E-state index in [0.717, 1.165) is 0 Å². The van der Waals surface area contributed by atoms with E-state index in [1.807, 2.05) is 0 Å². The number of ether oxygens (including phenoxy) is 3. The highest BCUT2D eigenvalue weighted by Crippen LogP contribution is 2.30. The smallest absolute Gasteiger partial charge is 0.172 e. The van der Waals surface area contributed by atoms with Crippen molar-refractivity contribution in [1.82, 2.24) is 0 Å². The van der Waals surface area contributed by atoms with Crippen LogP contribution < -0.4 is 0 Å². The zero-order valence-corrected chi connectivity index (χ0v) is 10.7. The highest BCUT2D eigenvalue weighted by molar-refractivity contribution is 4.85. The van der Waals surface area contributed by atoms with Crippen LogP contribution in [0.2, 0.25) is 0 Å². The van der Waals surface area contributed by atoms with Crippen molar-refractivity contribution in [2.24, 2.45) is 10.8 Å². The zero-order valence-electron chi connectivity index (χ0n) is 10.7. The highest BCUT2D eigenvalue weighted by atomic mass is 16.8. The summed E-state index contributed by atoms with van der Waals surface area (Å²) in [5, 5.41) is 46.3. The third-order valence-corrected chi connectivity index (χ3v) is 3.37. The fourth-order valence-electron chi connectivity index (χ4n) is 1.65. The van der Waals surface area contributed by atoms with Gasteiger partial charge in [-0.25, -0.2) is 0 Å². The van der Waals surface area contributed by atoms with Gasteiger partial charge in [0.2, 0.25) is 0 Å². The number of rotatable bonds is 8. The number of aliphatic hydroxyl groups is 5. The molecule has 1 aliphatic rings. The first-order valence-corrected chi connectivity index (χ1v) is 5.97. The molecule has 1 heterocycles. The van der Waals surface area contributed by atoms with Crippen LogP contribution >= 0.6 is 0 Å². The molecule has 0 unspecified atom stereocenters. The molecule has 0 radical (unpaired) electrons. The van der Waals surface area contributed by atoms with Gasteiger partial charge in [-0.05, 0) is 0 Å². The summed E-state index contributed by atoms with van der Waals surface area (Å²) < 4.78 is 15.6. The predicted octanol–water partition coefficient (Wildman–Crippen LogP) is -2.73. The summed E-state index contributed by atoms with van der Waals surface area (Å²) in [5.74, 6) is 0. The summed E-state index contributed by atoms with van der Waals surface area (Å²) in [6.45, 7) is -2.36. The lowest BCUT2D eigenvalue weighted by Crippen LogP contribution is -2.53. The number of hydrogen-bond acceptors (Lipinski definition) is 8. The summed E-state index contributed by atoms with van der Waals surface area (Å²) in [6.07, 6.45) is -0.944. The Balaban J connectivity index is 2.67. The first-order chi connectivity index (χ1) is 9.12. The second kappa shape index (κ2) is 7.46. The Bertz CT molecular complexity index is 243. The Morgan fingerprint density at radius 2 is 1.63 bits per heavy atom. The second-order valence-electron chi connectivity index (χ2n) is 4.93. The molecule has 1 rings (SSSR count). The van der Waals surface area contributed by atoms with Gasteiger partial charge >= 0.3 is 0 Å². The topological polar surface area (TPSA) is 129 Å². The van der Waals surface area contributed by atoms with Crippen molar-refractivity contribution in [3.63, 3.8) is 0 Å². The molecule has 0 bridgehead atoms. The minimum atomic E-state index is -1.20. The van der Waals surface area contributed by atoms with E-state index in [-0.39, 0.29) is 20.0 Å². The number of aliphatic hydroxyl groups excluding tert-OH is 5. The van der Waals surface area contributed by atoms with Gasteiger partial charge in [0.25, 0.3) is 0 Å². The molecule has 5 N–H and O–H groups in total. The molecule has 114 valence electrons. The Morgan fingerprint density at radius 3 is 2.11 bits per heavy atom. The first-order valence-electron chi connectivity index (χ1n) is 5.97. The molecule has 8 nitrogen and oxygen atoms in total. The lowest BCUT2D eigenvalue weighted by Gasteiger charge is -2.41. The maximum Gasteiger partial charge on any atom is 0.172 e. The van der Waals surface area contributed by atoms with E-state index in [1.54, 1.807) is 0 Å². The van der Waals surface area contributed by atoms with Crippen molar-refractivity contribution >= 4 is 0 Å². The Morgan fingerprint density at radius 1 is 1.05 bits per heavy atom. The van der Waals surface area contributed by atoms with Gasteiger partial charge in [-0.1, -0.05) is 0 Å². The van der Waals surface area contributed by atoms with E-state index in [9.17, 15) is 25.5 Å². The SMILES string of the molecule is OCC(CO)(CO)CO[C@@H]1OCOCC1(CO)CO. The van der Waals surface area contributed by atoms with Crippen molar-refractivity contribution in [3.05, 3.63) is 0 Å². The lowest BCUT2D eigenvalue weighted by atomic mass is 9.88. The fraction of sp³-hybridized carbons (Fsp3) is 1.00. The monoisotopic (exact) mass is 282 g/mol. The molecule has 1 aliphatic heterocycles. The van der Waals surface area contributed by atoms with Crippen LogP contribution in [0.3, 0.4) is 0 Å². The molecule has 1 fully saturated rings. The largest absolute Gasteiger partial charge is 0.396 e. The van der Waals surface area contributed by atoms with Gasteiger partial charge in [-0.15, -0.1) is 0 Å². The molecule has 1 saturated heterocycles. The van der Waals surface area contributed by atoms with Crippen LogP contribution in [0.25, 0.3) is 0 Å². The minimum absolute atomic E-state index is 0.0448. The molecule has 0 aliphatic carbocycles. The predicted molar refractivity (Wildman–Crippen MR) is 61.9 cm³/mol. The van der Waals surface area contributed by atoms with Gasteiger partial charge in [0.1, 0.15) is 6.79 Å². The maximum atomic E-state index is 9.36. The number of hydrogen-bond donors (Lipinski definition) is 5. The van der Waals surface area contributed by atoms with Crippen molar-refractivity contribution < 1.29 is 39.7 Å². The molecule has 0 aromatic heterocycles. The van der Waals surface area contributed by atoms with Crippen molar-refractivity contribution in [3.8, 4) is 0 Å². The van der Waals surface area contributed by atoms with Crippen molar-refractivity contribution in [2.75, 3.05) is 53.0 Å². The molecule has 0 spiro atoms. The molecule has 0 aromatic rings. The molecule has 19 heavy (non-hydrogen) atoms. The van der Waals surface area contributed by atoms with Crippen molar-refractivity contribution in [2.45, 2.75) is 6.29 Å². The van der Waals surface area contributed by atoms with E-state index in [1.165, 1.54) is 0 Å². The van der Waals surface area contributed by atoms with Crippen LogP contribution in [0.1, 0.15) is 0 Å².